The van der Waals surface area contributed by atoms with E-state index in [4.69, 9.17) is 5.11 Å². The quantitative estimate of drug-likeness (QED) is 0.253. The normalized spacial score (nSPS) is 15.1. The van der Waals surface area contributed by atoms with Gasteiger partial charge in [-0.3, -0.25) is 4.79 Å². The summed E-state index contributed by atoms with van der Waals surface area (Å²) in [4.78, 5) is 10.4. The van der Waals surface area contributed by atoms with Crippen LogP contribution in [0.3, 0.4) is 0 Å². The number of aliphatic carboxylic acids is 1. The Kier molecular flexibility index (Phi) is 15.1. The highest BCUT2D eigenvalue weighted by atomic mass is 16.4. The van der Waals surface area contributed by atoms with Crippen molar-refractivity contribution in [1.82, 2.24) is 0 Å². The zero-order valence-electron chi connectivity index (χ0n) is 14.7. The molecular formula is C20H32O4. The molecule has 0 aromatic rings. The third kappa shape index (κ3) is 16.7. The summed E-state index contributed by atoms with van der Waals surface area (Å²) in [5, 5.41) is 27.6. The van der Waals surface area contributed by atoms with Gasteiger partial charge in [-0.25, -0.2) is 0 Å². The standard InChI is InChI=1S/C20H32O4/c1-2-3-11-14-18(21)15-12-9-7-5-4-6-8-10-13-16-19(22)17-20(23)24/h4,6-7,9-10,12-13,15,18-19,21-22H,2-3,5,8,11,14,16-17H2,1H3,(H,23,24)/b6-4-,9-7-,13-10-,15-12+/t18-,19+/m0/s1. The summed E-state index contributed by atoms with van der Waals surface area (Å²) >= 11 is 0. The van der Waals surface area contributed by atoms with E-state index < -0.39 is 12.1 Å². The van der Waals surface area contributed by atoms with Crippen LogP contribution in [0.15, 0.2) is 48.6 Å². The van der Waals surface area contributed by atoms with Crippen LogP contribution in [0.4, 0.5) is 0 Å². The number of allylic oxidation sites excluding steroid dienone is 6. The van der Waals surface area contributed by atoms with E-state index in [1.165, 1.54) is 12.8 Å². The molecule has 0 aliphatic rings. The molecule has 0 rings (SSSR count). The first kappa shape index (κ1) is 22.4. The Morgan fingerprint density at radius 2 is 1.62 bits per heavy atom. The van der Waals surface area contributed by atoms with Gasteiger partial charge in [0, 0.05) is 0 Å². The molecular weight excluding hydrogens is 304 g/mol. The number of hydrogen-bond donors (Lipinski definition) is 3. The second kappa shape index (κ2) is 16.2. The fourth-order valence-corrected chi connectivity index (χ4v) is 2.03. The van der Waals surface area contributed by atoms with Crippen LogP contribution in [0.2, 0.25) is 0 Å². The predicted molar refractivity (Wildman–Crippen MR) is 98.8 cm³/mol. The number of aliphatic hydroxyl groups is 2. The zero-order valence-corrected chi connectivity index (χ0v) is 14.7. The van der Waals surface area contributed by atoms with Crippen molar-refractivity contribution in [2.24, 2.45) is 0 Å². The molecule has 4 heteroatoms. The van der Waals surface area contributed by atoms with E-state index in [-0.39, 0.29) is 12.5 Å². The lowest BCUT2D eigenvalue weighted by atomic mass is 10.1. The molecule has 3 N–H and O–H groups in total. The lowest BCUT2D eigenvalue weighted by Crippen LogP contribution is -2.11. The molecule has 0 aromatic heterocycles. The first-order valence-electron chi connectivity index (χ1n) is 8.77. The van der Waals surface area contributed by atoms with Gasteiger partial charge in [-0.1, -0.05) is 74.8 Å². The maximum Gasteiger partial charge on any atom is 0.305 e. The van der Waals surface area contributed by atoms with Crippen LogP contribution >= 0.6 is 0 Å². The van der Waals surface area contributed by atoms with Crippen molar-refractivity contribution in [3.8, 4) is 0 Å². The largest absolute Gasteiger partial charge is 0.481 e. The van der Waals surface area contributed by atoms with Crippen molar-refractivity contribution < 1.29 is 20.1 Å². The minimum Gasteiger partial charge on any atom is -0.481 e. The van der Waals surface area contributed by atoms with Crippen LogP contribution in [0.1, 0.15) is 58.3 Å². The van der Waals surface area contributed by atoms with Crippen LogP contribution < -0.4 is 0 Å². The van der Waals surface area contributed by atoms with Crippen molar-refractivity contribution in [2.45, 2.75) is 70.5 Å². The Hall–Kier alpha value is -1.65. The lowest BCUT2D eigenvalue weighted by molar-refractivity contribution is -0.139. The van der Waals surface area contributed by atoms with Crippen molar-refractivity contribution in [3.63, 3.8) is 0 Å². The maximum atomic E-state index is 10.4. The van der Waals surface area contributed by atoms with Gasteiger partial charge in [0.1, 0.15) is 0 Å². The Balaban J connectivity index is 3.68. The Labute approximate surface area is 145 Å². The third-order valence-corrected chi connectivity index (χ3v) is 3.38. The number of carbonyl (C=O) groups is 1. The molecule has 0 radical (unpaired) electrons. The van der Waals surface area contributed by atoms with E-state index in [2.05, 4.69) is 6.92 Å². The van der Waals surface area contributed by atoms with Gasteiger partial charge in [0.2, 0.25) is 0 Å². The maximum absolute atomic E-state index is 10.4. The molecule has 4 nitrogen and oxygen atoms in total. The molecule has 0 aromatic carbocycles. The number of carboxylic acid groups (broad SMARTS) is 1. The van der Waals surface area contributed by atoms with Gasteiger partial charge < -0.3 is 15.3 Å². The second-order valence-electron chi connectivity index (χ2n) is 5.78. The van der Waals surface area contributed by atoms with Crippen LogP contribution in [0, 0.1) is 0 Å². The zero-order chi connectivity index (χ0) is 18.0. The van der Waals surface area contributed by atoms with E-state index >= 15 is 0 Å². The van der Waals surface area contributed by atoms with Crippen LogP contribution in [0.25, 0.3) is 0 Å². The number of carboxylic acids is 1. The van der Waals surface area contributed by atoms with E-state index in [9.17, 15) is 15.0 Å². The smallest absolute Gasteiger partial charge is 0.305 e. The number of rotatable bonds is 14. The summed E-state index contributed by atoms with van der Waals surface area (Å²) in [6.45, 7) is 2.15. The number of unbranched alkanes of at least 4 members (excludes halogenated alkanes) is 2. The minimum absolute atomic E-state index is 0.216. The van der Waals surface area contributed by atoms with Crippen LogP contribution in [-0.4, -0.2) is 33.5 Å². The summed E-state index contributed by atoms with van der Waals surface area (Å²) in [6, 6.07) is 0. The molecule has 0 amide bonds. The molecule has 0 aliphatic heterocycles. The molecule has 0 saturated heterocycles. The molecule has 24 heavy (non-hydrogen) atoms. The van der Waals surface area contributed by atoms with Gasteiger partial charge >= 0.3 is 5.97 Å². The molecule has 0 bridgehead atoms. The average molecular weight is 336 g/mol. The molecule has 2 atom stereocenters. The fraction of sp³-hybridized carbons (Fsp3) is 0.550. The molecule has 0 saturated carbocycles. The monoisotopic (exact) mass is 336 g/mol. The summed E-state index contributed by atoms with van der Waals surface area (Å²) in [7, 11) is 0. The van der Waals surface area contributed by atoms with Crippen molar-refractivity contribution in [2.75, 3.05) is 0 Å². The topological polar surface area (TPSA) is 77.8 Å². The number of hydrogen-bond acceptors (Lipinski definition) is 3. The van der Waals surface area contributed by atoms with Gasteiger partial charge in [0.25, 0.3) is 0 Å². The van der Waals surface area contributed by atoms with Crippen LogP contribution in [-0.2, 0) is 4.79 Å². The highest BCUT2D eigenvalue weighted by Gasteiger charge is 2.06. The van der Waals surface area contributed by atoms with Crippen LogP contribution in [0.5, 0.6) is 0 Å². The SMILES string of the molecule is CCCCC[C@H](O)/C=C/C=C\C/C=C\C/C=C\C[C@@H](O)CC(=O)O. The number of aliphatic hydroxyl groups excluding tert-OH is 2. The summed E-state index contributed by atoms with van der Waals surface area (Å²) in [5.41, 5.74) is 0. The fourth-order valence-electron chi connectivity index (χ4n) is 2.03. The molecule has 0 unspecified atom stereocenters. The Morgan fingerprint density at radius 1 is 0.958 bits per heavy atom. The van der Waals surface area contributed by atoms with Crippen molar-refractivity contribution in [3.05, 3.63) is 48.6 Å². The summed E-state index contributed by atoms with van der Waals surface area (Å²) in [5.74, 6) is -0.981. The second-order valence-corrected chi connectivity index (χ2v) is 5.78. The summed E-state index contributed by atoms with van der Waals surface area (Å²) < 4.78 is 0. The van der Waals surface area contributed by atoms with E-state index in [0.717, 1.165) is 25.7 Å². The van der Waals surface area contributed by atoms with Gasteiger partial charge in [0.15, 0.2) is 0 Å². The lowest BCUT2D eigenvalue weighted by Gasteiger charge is -2.02. The van der Waals surface area contributed by atoms with Crippen molar-refractivity contribution in [1.29, 1.82) is 0 Å². The molecule has 0 heterocycles. The average Bonchev–Trinajstić information content (AvgIpc) is 2.52. The highest BCUT2D eigenvalue weighted by Crippen LogP contribution is 2.04. The molecule has 136 valence electrons. The minimum atomic E-state index is -0.981. The van der Waals surface area contributed by atoms with E-state index in [1.54, 1.807) is 6.08 Å². The summed E-state index contributed by atoms with van der Waals surface area (Å²) in [6.07, 6.45) is 20.2. The molecule has 0 aliphatic carbocycles. The Morgan fingerprint density at radius 3 is 2.29 bits per heavy atom. The van der Waals surface area contributed by atoms with E-state index in [1.807, 2.05) is 42.5 Å². The Bertz CT molecular complexity index is 421. The van der Waals surface area contributed by atoms with Crippen molar-refractivity contribution >= 4 is 5.97 Å². The van der Waals surface area contributed by atoms with Gasteiger partial charge in [-0.15, -0.1) is 0 Å². The highest BCUT2D eigenvalue weighted by molar-refractivity contribution is 5.67. The predicted octanol–water partition coefficient (Wildman–Crippen LogP) is 4.16. The van der Waals surface area contributed by atoms with E-state index in [0.29, 0.717) is 6.42 Å². The van der Waals surface area contributed by atoms with Gasteiger partial charge in [-0.05, 0) is 25.7 Å². The van der Waals surface area contributed by atoms with Gasteiger partial charge in [0.05, 0.1) is 18.6 Å². The first-order chi connectivity index (χ1) is 11.6. The molecule has 0 fully saturated rings. The third-order valence-electron chi connectivity index (χ3n) is 3.38. The first-order valence-corrected chi connectivity index (χ1v) is 8.77. The molecule has 0 spiro atoms. The van der Waals surface area contributed by atoms with Gasteiger partial charge in [-0.2, -0.15) is 0 Å².